The first kappa shape index (κ1) is 13.9. The fraction of sp³-hybridized carbons (Fsp3) is 0.0625. The molecule has 0 aliphatic carbocycles. The molecule has 3 rings (SSSR count). The highest BCUT2D eigenvalue weighted by atomic mass is 19.1. The van der Waals surface area contributed by atoms with Crippen LogP contribution in [-0.4, -0.2) is 22.6 Å². The normalized spacial score (nSPS) is 10.4. The van der Waals surface area contributed by atoms with Gasteiger partial charge in [0.1, 0.15) is 11.6 Å². The van der Waals surface area contributed by atoms with Crippen molar-refractivity contribution in [3.63, 3.8) is 0 Å². The fourth-order valence-electron chi connectivity index (χ4n) is 1.86. The quantitative estimate of drug-likeness (QED) is 0.677. The van der Waals surface area contributed by atoms with Gasteiger partial charge in [0.15, 0.2) is 12.4 Å². The summed E-state index contributed by atoms with van der Waals surface area (Å²) in [7, 11) is 0. The van der Waals surface area contributed by atoms with Crippen LogP contribution in [-0.2, 0) is 0 Å². The van der Waals surface area contributed by atoms with E-state index in [1.54, 1.807) is 24.3 Å². The zero-order valence-electron chi connectivity index (χ0n) is 11.4. The summed E-state index contributed by atoms with van der Waals surface area (Å²) in [4.78, 5) is 11.9. The molecule has 0 saturated heterocycles. The van der Waals surface area contributed by atoms with Crippen LogP contribution in [0.15, 0.2) is 59.3 Å². The maximum atomic E-state index is 12.8. The Labute approximate surface area is 125 Å². The van der Waals surface area contributed by atoms with E-state index in [1.807, 2.05) is 0 Å². The van der Waals surface area contributed by atoms with Gasteiger partial charge in [-0.05, 0) is 48.5 Å². The average molecular weight is 298 g/mol. The molecule has 0 unspecified atom stereocenters. The average Bonchev–Trinajstić information content (AvgIpc) is 3.08. The largest absolute Gasteiger partial charge is 0.485 e. The molecule has 0 atom stereocenters. The van der Waals surface area contributed by atoms with Gasteiger partial charge in [-0.1, -0.05) is 0 Å². The molecule has 1 aromatic heterocycles. The van der Waals surface area contributed by atoms with Crippen LogP contribution in [0.5, 0.6) is 5.75 Å². The molecule has 0 amide bonds. The van der Waals surface area contributed by atoms with Gasteiger partial charge < -0.3 is 9.15 Å². The number of ether oxygens (including phenoxy) is 1. The van der Waals surface area contributed by atoms with Crippen LogP contribution in [0.1, 0.15) is 10.4 Å². The molecular weight excluding hydrogens is 287 g/mol. The Hall–Kier alpha value is -3.02. The van der Waals surface area contributed by atoms with Crippen molar-refractivity contribution in [1.29, 1.82) is 0 Å². The number of nitrogens with zero attached hydrogens (tertiary/aromatic N) is 2. The van der Waals surface area contributed by atoms with Crippen LogP contribution in [0.4, 0.5) is 4.39 Å². The maximum Gasteiger partial charge on any atom is 0.247 e. The van der Waals surface area contributed by atoms with Crippen molar-refractivity contribution in [3.8, 4) is 17.2 Å². The highest BCUT2D eigenvalue weighted by Crippen LogP contribution is 2.20. The molecule has 0 aliphatic rings. The van der Waals surface area contributed by atoms with Crippen molar-refractivity contribution in [2.45, 2.75) is 0 Å². The summed E-state index contributed by atoms with van der Waals surface area (Å²) in [6.07, 6.45) is 1.25. The zero-order valence-corrected chi connectivity index (χ0v) is 11.4. The van der Waals surface area contributed by atoms with Crippen molar-refractivity contribution in [1.82, 2.24) is 10.2 Å². The summed E-state index contributed by atoms with van der Waals surface area (Å²) >= 11 is 0. The number of aromatic nitrogens is 2. The zero-order chi connectivity index (χ0) is 15.4. The SMILES string of the molecule is O=C(COc1ccc(-c2nnco2)cc1)c1ccc(F)cc1. The highest BCUT2D eigenvalue weighted by Gasteiger charge is 2.08. The van der Waals surface area contributed by atoms with E-state index >= 15 is 0 Å². The molecule has 3 aromatic rings. The third kappa shape index (κ3) is 3.17. The predicted molar refractivity (Wildman–Crippen MR) is 76.0 cm³/mol. The number of carbonyl (C=O) groups is 1. The number of hydrogen-bond acceptors (Lipinski definition) is 5. The number of halogens is 1. The first-order valence-electron chi connectivity index (χ1n) is 6.50. The highest BCUT2D eigenvalue weighted by molar-refractivity contribution is 5.97. The summed E-state index contributed by atoms with van der Waals surface area (Å²) < 4.78 is 23.3. The van der Waals surface area contributed by atoms with Crippen LogP contribution >= 0.6 is 0 Å². The molecule has 0 radical (unpaired) electrons. The molecule has 0 aliphatic heterocycles. The van der Waals surface area contributed by atoms with E-state index in [2.05, 4.69) is 10.2 Å². The number of ketones is 1. The molecule has 0 N–H and O–H groups in total. The Morgan fingerprint density at radius 2 is 1.82 bits per heavy atom. The van der Waals surface area contributed by atoms with E-state index in [0.717, 1.165) is 5.56 Å². The lowest BCUT2D eigenvalue weighted by Crippen LogP contribution is -2.11. The maximum absolute atomic E-state index is 12.8. The first-order chi connectivity index (χ1) is 10.7. The van der Waals surface area contributed by atoms with Gasteiger partial charge in [0.2, 0.25) is 12.3 Å². The van der Waals surface area contributed by atoms with E-state index < -0.39 is 0 Å². The lowest BCUT2D eigenvalue weighted by Gasteiger charge is -2.06. The first-order valence-corrected chi connectivity index (χ1v) is 6.50. The van der Waals surface area contributed by atoms with Gasteiger partial charge in [-0.15, -0.1) is 10.2 Å². The second kappa shape index (κ2) is 6.17. The summed E-state index contributed by atoms with van der Waals surface area (Å²) in [5, 5.41) is 7.40. The number of benzene rings is 2. The van der Waals surface area contributed by atoms with E-state index in [0.29, 0.717) is 17.2 Å². The van der Waals surface area contributed by atoms with Crippen LogP contribution in [0.25, 0.3) is 11.5 Å². The molecule has 6 heteroatoms. The van der Waals surface area contributed by atoms with E-state index in [9.17, 15) is 9.18 Å². The van der Waals surface area contributed by atoms with Gasteiger partial charge in [-0.3, -0.25) is 4.79 Å². The monoisotopic (exact) mass is 298 g/mol. The molecule has 0 spiro atoms. The Morgan fingerprint density at radius 3 is 2.45 bits per heavy atom. The molecule has 1 heterocycles. The molecule has 0 bridgehead atoms. The van der Waals surface area contributed by atoms with Crippen LogP contribution in [0.2, 0.25) is 0 Å². The van der Waals surface area contributed by atoms with Crippen molar-refractivity contribution < 1.29 is 18.3 Å². The number of Topliss-reactive ketones (excluding diaryl/α,β-unsaturated/α-hetero) is 1. The standard InChI is InChI=1S/C16H11FN2O3/c17-13-5-1-11(2-6-13)15(20)9-21-14-7-3-12(4-8-14)16-19-18-10-22-16/h1-8,10H,9H2. The minimum Gasteiger partial charge on any atom is -0.485 e. The lowest BCUT2D eigenvalue weighted by molar-refractivity contribution is 0.0921. The summed E-state index contributed by atoms with van der Waals surface area (Å²) in [5.74, 6) is 0.350. The van der Waals surface area contributed by atoms with E-state index in [1.165, 1.54) is 30.7 Å². The molecule has 2 aromatic carbocycles. The Morgan fingerprint density at radius 1 is 1.09 bits per heavy atom. The van der Waals surface area contributed by atoms with Gasteiger partial charge in [0.25, 0.3) is 0 Å². The summed E-state index contributed by atoms with van der Waals surface area (Å²) in [6, 6.07) is 12.3. The Kier molecular flexibility index (Phi) is 3.91. The van der Waals surface area contributed by atoms with Gasteiger partial charge in [-0.2, -0.15) is 0 Å². The summed E-state index contributed by atoms with van der Waals surface area (Å²) in [5.41, 5.74) is 1.17. The van der Waals surface area contributed by atoms with Crippen molar-refractivity contribution in [2.24, 2.45) is 0 Å². The molecule has 22 heavy (non-hydrogen) atoms. The minimum atomic E-state index is -0.380. The van der Waals surface area contributed by atoms with Crippen LogP contribution in [0, 0.1) is 5.82 Å². The van der Waals surface area contributed by atoms with E-state index in [4.69, 9.17) is 9.15 Å². The minimum absolute atomic E-state index is 0.120. The Balaban J connectivity index is 1.61. The van der Waals surface area contributed by atoms with Gasteiger partial charge in [-0.25, -0.2) is 4.39 Å². The number of carbonyl (C=O) groups excluding carboxylic acids is 1. The van der Waals surface area contributed by atoms with E-state index in [-0.39, 0.29) is 18.2 Å². The molecule has 0 saturated carbocycles. The molecule has 110 valence electrons. The van der Waals surface area contributed by atoms with Crippen LogP contribution in [0.3, 0.4) is 0 Å². The second-order valence-electron chi connectivity index (χ2n) is 4.49. The van der Waals surface area contributed by atoms with Gasteiger partial charge in [0.05, 0.1) is 0 Å². The van der Waals surface area contributed by atoms with Crippen LogP contribution < -0.4 is 4.74 Å². The van der Waals surface area contributed by atoms with Crippen molar-refractivity contribution in [2.75, 3.05) is 6.61 Å². The second-order valence-corrected chi connectivity index (χ2v) is 4.49. The van der Waals surface area contributed by atoms with Gasteiger partial charge in [0, 0.05) is 11.1 Å². The van der Waals surface area contributed by atoms with Crippen molar-refractivity contribution >= 4 is 5.78 Å². The van der Waals surface area contributed by atoms with Gasteiger partial charge >= 0.3 is 0 Å². The smallest absolute Gasteiger partial charge is 0.247 e. The Bertz CT molecular complexity index is 753. The third-order valence-corrected chi connectivity index (χ3v) is 3.00. The lowest BCUT2D eigenvalue weighted by atomic mass is 10.1. The molecule has 5 nitrogen and oxygen atoms in total. The topological polar surface area (TPSA) is 65.2 Å². The fourth-order valence-corrected chi connectivity index (χ4v) is 1.86. The number of rotatable bonds is 5. The molecular formula is C16H11FN2O3. The number of hydrogen-bond donors (Lipinski definition) is 0. The third-order valence-electron chi connectivity index (χ3n) is 3.00. The molecule has 0 fully saturated rings. The predicted octanol–water partition coefficient (Wildman–Crippen LogP) is 3.14. The van der Waals surface area contributed by atoms with Crippen molar-refractivity contribution in [3.05, 3.63) is 66.3 Å². The summed E-state index contributed by atoms with van der Waals surface area (Å²) in [6.45, 7) is -0.120.